The highest BCUT2D eigenvalue weighted by Crippen LogP contribution is 2.28. The van der Waals surface area contributed by atoms with Crippen molar-refractivity contribution in [2.24, 2.45) is 0 Å². The Hall–Kier alpha value is -0.230. The van der Waals surface area contributed by atoms with Gasteiger partial charge < -0.3 is 4.55 Å². The number of hydrogen-bond donors (Lipinski definition) is 0. The van der Waals surface area contributed by atoms with Crippen molar-refractivity contribution in [3.05, 3.63) is 28.8 Å². The standard InChI is InChI=1S/C9H8BrClO3S/c1-5(12)9(10)6-2-3-7(11)8(4-6)15(13)14/h2-4,9H,1H3,(H,13,14)/p-1. The topological polar surface area (TPSA) is 57.2 Å². The summed E-state index contributed by atoms with van der Waals surface area (Å²) < 4.78 is 21.6. The molecule has 3 nitrogen and oxygen atoms in total. The molecular formula is C9H7BrClO3S-. The lowest BCUT2D eigenvalue weighted by atomic mass is 10.1. The molecule has 0 aliphatic heterocycles. The van der Waals surface area contributed by atoms with Gasteiger partial charge in [0.2, 0.25) is 0 Å². The third-order valence-corrected chi connectivity index (χ3v) is 4.10. The van der Waals surface area contributed by atoms with Crippen molar-refractivity contribution in [3.8, 4) is 0 Å². The Labute approximate surface area is 103 Å². The van der Waals surface area contributed by atoms with Gasteiger partial charge in [-0.25, -0.2) is 0 Å². The number of carbonyl (C=O) groups excluding carboxylic acids is 1. The highest BCUT2D eigenvalue weighted by molar-refractivity contribution is 9.09. The van der Waals surface area contributed by atoms with Crippen LogP contribution in [0.4, 0.5) is 0 Å². The summed E-state index contributed by atoms with van der Waals surface area (Å²) in [7, 11) is 0. The number of halogens is 2. The molecule has 15 heavy (non-hydrogen) atoms. The fourth-order valence-electron chi connectivity index (χ4n) is 1.04. The smallest absolute Gasteiger partial charge is 0.147 e. The quantitative estimate of drug-likeness (QED) is 0.637. The van der Waals surface area contributed by atoms with Crippen molar-refractivity contribution >= 4 is 44.4 Å². The Bertz CT molecular complexity index is 422. The molecule has 0 heterocycles. The number of Topliss-reactive ketones (excluding diaryl/α,β-unsaturated/α-hetero) is 1. The number of ketones is 1. The maximum atomic E-state index is 11.1. The number of carbonyl (C=O) groups is 1. The number of hydrogen-bond acceptors (Lipinski definition) is 3. The van der Waals surface area contributed by atoms with Gasteiger partial charge in [0.25, 0.3) is 0 Å². The molecule has 2 atom stereocenters. The molecule has 0 fully saturated rings. The Morgan fingerprint density at radius 2 is 2.20 bits per heavy atom. The lowest BCUT2D eigenvalue weighted by Crippen LogP contribution is -2.02. The summed E-state index contributed by atoms with van der Waals surface area (Å²) in [4.78, 5) is 10.6. The van der Waals surface area contributed by atoms with Gasteiger partial charge in [0.1, 0.15) is 5.78 Å². The average Bonchev–Trinajstić information content (AvgIpc) is 2.16. The van der Waals surface area contributed by atoms with Crippen molar-refractivity contribution < 1.29 is 13.6 Å². The zero-order valence-electron chi connectivity index (χ0n) is 7.70. The third-order valence-electron chi connectivity index (χ3n) is 1.78. The third kappa shape index (κ3) is 3.11. The van der Waals surface area contributed by atoms with E-state index in [1.165, 1.54) is 19.1 Å². The van der Waals surface area contributed by atoms with E-state index in [-0.39, 0.29) is 15.7 Å². The van der Waals surface area contributed by atoms with Crippen LogP contribution in [0.5, 0.6) is 0 Å². The zero-order chi connectivity index (χ0) is 11.6. The first-order valence-corrected chi connectivity index (χ1v) is 6.33. The predicted octanol–water partition coefficient (Wildman–Crippen LogP) is 2.60. The van der Waals surface area contributed by atoms with Crippen molar-refractivity contribution in [2.45, 2.75) is 16.6 Å². The van der Waals surface area contributed by atoms with Gasteiger partial charge in [0.05, 0.1) is 9.85 Å². The molecule has 0 saturated carbocycles. The Morgan fingerprint density at radius 3 is 2.67 bits per heavy atom. The molecule has 0 bridgehead atoms. The van der Waals surface area contributed by atoms with Gasteiger partial charge in [0, 0.05) is 4.90 Å². The van der Waals surface area contributed by atoms with Crippen LogP contribution in [-0.2, 0) is 15.9 Å². The van der Waals surface area contributed by atoms with E-state index < -0.39 is 15.9 Å². The van der Waals surface area contributed by atoms with E-state index in [9.17, 15) is 13.6 Å². The van der Waals surface area contributed by atoms with Crippen LogP contribution >= 0.6 is 27.5 Å². The summed E-state index contributed by atoms with van der Waals surface area (Å²) in [5.41, 5.74) is 0.575. The van der Waals surface area contributed by atoms with Gasteiger partial charge in [-0.2, -0.15) is 0 Å². The fraction of sp³-hybridized carbons (Fsp3) is 0.222. The maximum Gasteiger partial charge on any atom is 0.147 e. The molecular weight excluding hydrogens is 304 g/mol. The van der Waals surface area contributed by atoms with E-state index >= 15 is 0 Å². The molecule has 1 aromatic carbocycles. The van der Waals surface area contributed by atoms with Gasteiger partial charge in [0.15, 0.2) is 0 Å². The Kier molecular flexibility index (Phi) is 4.45. The second-order valence-corrected chi connectivity index (χ2v) is 5.13. The SMILES string of the molecule is CC(=O)C(Br)c1ccc(Cl)c(S(=O)[O-])c1. The van der Waals surface area contributed by atoms with Crippen LogP contribution < -0.4 is 0 Å². The van der Waals surface area contributed by atoms with E-state index in [2.05, 4.69) is 15.9 Å². The summed E-state index contributed by atoms with van der Waals surface area (Å²) in [5.74, 6) is -0.0973. The first-order chi connectivity index (χ1) is 6.93. The maximum absolute atomic E-state index is 11.1. The van der Waals surface area contributed by atoms with E-state index in [0.717, 1.165) is 0 Å². The van der Waals surface area contributed by atoms with Gasteiger partial charge in [-0.15, -0.1) is 0 Å². The Balaban J connectivity index is 3.18. The van der Waals surface area contributed by atoms with Crippen molar-refractivity contribution in [1.82, 2.24) is 0 Å². The molecule has 0 aliphatic rings. The minimum Gasteiger partial charge on any atom is -0.768 e. The van der Waals surface area contributed by atoms with E-state index in [1.54, 1.807) is 6.07 Å². The van der Waals surface area contributed by atoms with Gasteiger partial charge in [-0.3, -0.25) is 9.00 Å². The van der Waals surface area contributed by atoms with Crippen LogP contribution in [0.1, 0.15) is 17.3 Å². The number of rotatable bonds is 3. The monoisotopic (exact) mass is 309 g/mol. The van der Waals surface area contributed by atoms with E-state index in [1.807, 2.05) is 0 Å². The molecule has 2 unspecified atom stereocenters. The number of alkyl halides is 1. The highest BCUT2D eigenvalue weighted by Gasteiger charge is 2.14. The van der Waals surface area contributed by atoms with Crippen LogP contribution in [0.25, 0.3) is 0 Å². The zero-order valence-corrected chi connectivity index (χ0v) is 10.9. The van der Waals surface area contributed by atoms with E-state index in [0.29, 0.717) is 5.56 Å². The molecule has 1 rings (SSSR count). The summed E-state index contributed by atoms with van der Waals surface area (Å²) >= 11 is 6.45. The van der Waals surface area contributed by atoms with Crippen LogP contribution in [-0.4, -0.2) is 14.5 Å². The molecule has 0 radical (unpaired) electrons. The summed E-state index contributed by atoms with van der Waals surface area (Å²) in [5, 5.41) is 0.148. The van der Waals surface area contributed by atoms with Crippen molar-refractivity contribution in [1.29, 1.82) is 0 Å². The highest BCUT2D eigenvalue weighted by atomic mass is 79.9. The first-order valence-electron chi connectivity index (χ1n) is 3.96. The predicted molar refractivity (Wildman–Crippen MR) is 61.0 cm³/mol. The molecule has 1 aromatic rings. The number of benzene rings is 1. The van der Waals surface area contributed by atoms with Crippen LogP contribution in [0.2, 0.25) is 5.02 Å². The van der Waals surface area contributed by atoms with Crippen LogP contribution in [0.15, 0.2) is 23.1 Å². The van der Waals surface area contributed by atoms with Crippen LogP contribution in [0.3, 0.4) is 0 Å². The van der Waals surface area contributed by atoms with Crippen molar-refractivity contribution in [2.75, 3.05) is 0 Å². The van der Waals surface area contributed by atoms with Crippen LogP contribution in [0, 0.1) is 0 Å². The van der Waals surface area contributed by atoms with Gasteiger partial charge in [-0.05, 0) is 35.7 Å². The van der Waals surface area contributed by atoms with Crippen molar-refractivity contribution in [3.63, 3.8) is 0 Å². The minimum absolute atomic E-state index is 0.000123. The molecule has 0 amide bonds. The lowest BCUT2D eigenvalue weighted by molar-refractivity contribution is -0.116. The second-order valence-electron chi connectivity index (χ2n) is 2.90. The normalized spacial score (nSPS) is 14.7. The molecule has 6 heteroatoms. The summed E-state index contributed by atoms with van der Waals surface area (Å²) in [6, 6.07) is 4.45. The summed E-state index contributed by atoms with van der Waals surface area (Å²) in [6.45, 7) is 1.42. The summed E-state index contributed by atoms with van der Waals surface area (Å²) in [6.07, 6.45) is 0. The molecule has 0 spiro atoms. The lowest BCUT2D eigenvalue weighted by Gasteiger charge is -2.12. The minimum atomic E-state index is -2.39. The Morgan fingerprint density at radius 1 is 1.60 bits per heavy atom. The molecule has 0 saturated heterocycles. The second kappa shape index (κ2) is 5.21. The molecule has 0 N–H and O–H groups in total. The van der Waals surface area contributed by atoms with E-state index in [4.69, 9.17) is 11.6 Å². The van der Waals surface area contributed by atoms with Gasteiger partial charge in [-0.1, -0.05) is 33.6 Å². The van der Waals surface area contributed by atoms with Gasteiger partial charge >= 0.3 is 0 Å². The molecule has 0 aliphatic carbocycles. The molecule has 0 aromatic heterocycles. The molecule has 82 valence electrons. The first kappa shape index (κ1) is 12.8. The largest absolute Gasteiger partial charge is 0.768 e. The fourth-order valence-corrected chi connectivity index (χ4v) is 2.09. The average molecular weight is 311 g/mol.